The zero-order valence-electron chi connectivity index (χ0n) is 20.0. The molecule has 0 unspecified atom stereocenters. The number of aryl methyl sites for hydroxylation is 2. The highest BCUT2D eigenvalue weighted by Gasteiger charge is 2.27. The molecular weight excluding hydrogens is 396 g/mol. The molecule has 2 aromatic carbocycles. The molecule has 0 aliphatic carbocycles. The minimum atomic E-state index is 0.224. The van der Waals surface area contributed by atoms with Crippen LogP contribution in [0.2, 0.25) is 0 Å². The molecule has 4 nitrogen and oxygen atoms in total. The van der Waals surface area contributed by atoms with E-state index in [1.165, 1.54) is 11.1 Å². The molecule has 3 rings (SSSR count). The number of amides is 1. The highest BCUT2D eigenvalue weighted by atomic mass is 16.5. The van der Waals surface area contributed by atoms with Crippen LogP contribution >= 0.6 is 0 Å². The predicted octanol–water partition coefficient (Wildman–Crippen LogP) is 5.21. The molecule has 1 heterocycles. The van der Waals surface area contributed by atoms with Crippen molar-refractivity contribution in [2.75, 3.05) is 39.3 Å². The van der Waals surface area contributed by atoms with Gasteiger partial charge in [-0.15, -0.1) is 0 Å². The first kappa shape index (κ1) is 24.3. The minimum absolute atomic E-state index is 0.224. The van der Waals surface area contributed by atoms with Crippen molar-refractivity contribution >= 4 is 5.91 Å². The Morgan fingerprint density at radius 1 is 0.938 bits per heavy atom. The number of nitrogens with zero attached hydrogens (tertiary/aromatic N) is 2. The first-order valence-corrected chi connectivity index (χ1v) is 12.5. The Bertz CT molecular complexity index is 796. The Balaban J connectivity index is 1.33. The highest BCUT2D eigenvalue weighted by Crippen LogP contribution is 2.22. The van der Waals surface area contributed by atoms with Crippen LogP contribution in [0.25, 0.3) is 0 Å². The molecule has 1 aliphatic rings. The molecule has 0 N–H and O–H groups in total. The summed E-state index contributed by atoms with van der Waals surface area (Å²) in [6.07, 6.45) is 6.24. The summed E-state index contributed by atoms with van der Waals surface area (Å²) < 4.78 is 6.15. The summed E-state index contributed by atoms with van der Waals surface area (Å²) in [6.45, 7) is 9.74. The summed E-state index contributed by atoms with van der Waals surface area (Å²) in [5.41, 5.74) is 2.65. The Kier molecular flexibility index (Phi) is 10.1. The molecule has 0 spiro atoms. The molecule has 4 heteroatoms. The Labute approximate surface area is 194 Å². The lowest BCUT2D eigenvalue weighted by atomic mass is 9.95. The van der Waals surface area contributed by atoms with Crippen LogP contribution in [-0.2, 0) is 17.6 Å². The number of carbonyl (C=O) groups is 1. The topological polar surface area (TPSA) is 32.8 Å². The van der Waals surface area contributed by atoms with Crippen LogP contribution in [-0.4, -0.2) is 55.0 Å². The van der Waals surface area contributed by atoms with Gasteiger partial charge in [0.15, 0.2) is 0 Å². The number of carbonyl (C=O) groups excluding carboxylic acids is 1. The van der Waals surface area contributed by atoms with E-state index in [-0.39, 0.29) is 5.92 Å². The molecule has 32 heavy (non-hydrogen) atoms. The highest BCUT2D eigenvalue weighted by molar-refractivity contribution is 5.78. The summed E-state index contributed by atoms with van der Waals surface area (Å²) in [4.78, 5) is 17.0. The average molecular weight is 437 g/mol. The van der Waals surface area contributed by atoms with E-state index >= 15 is 0 Å². The minimum Gasteiger partial charge on any atom is -0.493 e. The second kappa shape index (κ2) is 13.3. The molecule has 1 fully saturated rings. The fraction of sp³-hybridized carbons (Fsp3) is 0.536. The van der Waals surface area contributed by atoms with E-state index in [4.69, 9.17) is 4.74 Å². The summed E-state index contributed by atoms with van der Waals surface area (Å²) >= 11 is 0. The summed E-state index contributed by atoms with van der Waals surface area (Å²) in [6, 6.07) is 19.1. The number of benzene rings is 2. The maximum Gasteiger partial charge on any atom is 0.225 e. The zero-order valence-corrected chi connectivity index (χ0v) is 20.0. The first-order valence-electron chi connectivity index (χ1n) is 12.5. The van der Waals surface area contributed by atoms with Gasteiger partial charge in [0.25, 0.3) is 0 Å². The van der Waals surface area contributed by atoms with Crippen molar-refractivity contribution < 1.29 is 9.53 Å². The van der Waals surface area contributed by atoms with E-state index < -0.39 is 0 Å². The molecule has 0 atom stereocenters. The van der Waals surface area contributed by atoms with Crippen LogP contribution in [0.5, 0.6) is 5.75 Å². The predicted molar refractivity (Wildman–Crippen MR) is 132 cm³/mol. The van der Waals surface area contributed by atoms with Gasteiger partial charge in [-0.05, 0) is 89.2 Å². The first-order chi connectivity index (χ1) is 15.7. The van der Waals surface area contributed by atoms with Crippen molar-refractivity contribution in [2.24, 2.45) is 5.92 Å². The van der Waals surface area contributed by atoms with E-state index in [1.54, 1.807) is 0 Å². The second-order valence-corrected chi connectivity index (χ2v) is 8.78. The fourth-order valence-electron chi connectivity index (χ4n) is 4.59. The van der Waals surface area contributed by atoms with Crippen molar-refractivity contribution in [3.63, 3.8) is 0 Å². The Morgan fingerprint density at radius 3 is 2.34 bits per heavy atom. The van der Waals surface area contributed by atoms with Gasteiger partial charge in [0, 0.05) is 19.0 Å². The Hall–Kier alpha value is -2.33. The van der Waals surface area contributed by atoms with Crippen molar-refractivity contribution in [3.8, 4) is 5.75 Å². The molecule has 1 aliphatic heterocycles. The lowest BCUT2D eigenvalue weighted by molar-refractivity contribution is -0.136. The van der Waals surface area contributed by atoms with Crippen LogP contribution in [0, 0.1) is 5.92 Å². The third-order valence-corrected chi connectivity index (χ3v) is 6.64. The lowest BCUT2D eigenvalue weighted by Gasteiger charge is -2.33. The average Bonchev–Trinajstić information content (AvgIpc) is 2.85. The van der Waals surface area contributed by atoms with Gasteiger partial charge >= 0.3 is 0 Å². The van der Waals surface area contributed by atoms with Gasteiger partial charge in [-0.3, -0.25) is 4.79 Å². The van der Waals surface area contributed by atoms with Crippen LogP contribution in [0.3, 0.4) is 0 Å². The number of piperidine rings is 1. The molecule has 0 bridgehead atoms. The largest absolute Gasteiger partial charge is 0.493 e. The Morgan fingerprint density at radius 2 is 1.62 bits per heavy atom. The van der Waals surface area contributed by atoms with E-state index in [9.17, 15) is 4.79 Å². The quantitative estimate of drug-likeness (QED) is 0.428. The third kappa shape index (κ3) is 7.37. The van der Waals surface area contributed by atoms with Gasteiger partial charge < -0.3 is 14.5 Å². The van der Waals surface area contributed by atoms with Crippen molar-refractivity contribution in [1.82, 2.24) is 9.80 Å². The van der Waals surface area contributed by atoms with Crippen LogP contribution in [0.4, 0.5) is 0 Å². The van der Waals surface area contributed by atoms with Crippen molar-refractivity contribution in [2.45, 2.75) is 52.4 Å². The van der Waals surface area contributed by atoms with E-state index in [1.807, 2.05) is 4.90 Å². The van der Waals surface area contributed by atoms with Crippen LogP contribution in [0.15, 0.2) is 54.6 Å². The zero-order chi connectivity index (χ0) is 22.6. The summed E-state index contributed by atoms with van der Waals surface area (Å²) in [7, 11) is 0. The lowest BCUT2D eigenvalue weighted by Crippen LogP contribution is -2.42. The van der Waals surface area contributed by atoms with Gasteiger partial charge in [-0.2, -0.15) is 0 Å². The fourth-order valence-corrected chi connectivity index (χ4v) is 4.59. The SMILES string of the molecule is CCN(CC)C(=O)C1CCN(CCCCOc2ccccc2CCc2ccccc2)CC1. The number of ether oxygens (including phenoxy) is 1. The van der Waals surface area contributed by atoms with E-state index in [0.717, 1.165) is 83.6 Å². The number of hydrogen-bond acceptors (Lipinski definition) is 3. The smallest absolute Gasteiger partial charge is 0.225 e. The number of rotatable bonds is 12. The molecule has 2 aromatic rings. The number of para-hydroxylation sites is 1. The standard InChI is InChI=1S/C28H40N2O2/c1-3-30(4-2)28(31)26-18-21-29(22-19-26)20-10-11-23-32-27-15-9-8-14-25(27)17-16-24-12-6-5-7-13-24/h5-9,12-15,26H,3-4,10-11,16-23H2,1-2H3. The van der Waals surface area contributed by atoms with Gasteiger partial charge in [0.2, 0.25) is 5.91 Å². The summed E-state index contributed by atoms with van der Waals surface area (Å²) in [5.74, 6) is 1.61. The van der Waals surface area contributed by atoms with Crippen LogP contribution in [0.1, 0.15) is 50.7 Å². The summed E-state index contributed by atoms with van der Waals surface area (Å²) in [5, 5.41) is 0. The van der Waals surface area contributed by atoms with Gasteiger partial charge in [-0.25, -0.2) is 0 Å². The van der Waals surface area contributed by atoms with Gasteiger partial charge in [0.1, 0.15) is 5.75 Å². The van der Waals surface area contributed by atoms with Crippen molar-refractivity contribution in [3.05, 3.63) is 65.7 Å². The molecule has 174 valence electrons. The maximum atomic E-state index is 12.5. The molecular formula is C28H40N2O2. The maximum absolute atomic E-state index is 12.5. The third-order valence-electron chi connectivity index (χ3n) is 6.64. The molecule has 1 saturated heterocycles. The van der Waals surface area contributed by atoms with Crippen molar-refractivity contribution in [1.29, 1.82) is 0 Å². The number of hydrogen-bond donors (Lipinski definition) is 0. The molecule has 0 radical (unpaired) electrons. The number of likely N-dealkylation sites (tertiary alicyclic amines) is 1. The van der Waals surface area contributed by atoms with E-state index in [2.05, 4.69) is 73.3 Å². The van der Waals surface area contributed by atoms with Gasteiger partial charge in [0.05, 0.1) is 6.61 Å². The van der Waals surface area contributed by atoms with Gasteiger partial charge in [-0.1, -0.05) is 48.5 Å². The second-order valence-electron chi connectivity index (χ2n) is 8.78. The molecule has 0 aromatic heterocycles. The normalized spacial score (nSPS) is 14.9. The molecule has 0 saturated carbocycles. The number of unbranched alkanes of at least 4 members (excludes halogenated alkanes) is 1. The van der Waals surface area contributed by atoms with E-state index in [0.29, 0.717) is 5.91 Å². The molecule has 1 amide bonds. The van der Waals surface area contributed by atoms with Crippen LogP contribution < -0.4 is 4.74 Å². The monoisotopic (exact) mass is 436 g/mol.